The van der Waals surface area contributed by atoms with Crippen LogP contribution in [0.1, 0.15) is 103 Å². The van der Waals surface area contributed by atoms with Crippen molar-refractivity contribution in [2.75, 3.05) is 0 Å². The number of carbonyl (C=O) groups excluding carboxylic acids is 1. The van der Waals surface area contributed by atoms with Gasteiger partial charge in [0, 0.05) is 5.97 Å². The fourth-order valence-corrected chi connectivity index (χ4v) is 2.46. The van der Waals surface area contributed by atoms with Crippen LogP contribution >= 0.6 is 0 Å². The van der Waals surface area contributed by atoms with Crippen LogP contribution in [0.2, 0.25) is 0 Å². The Balaban J connectivity index is 0. The van der Waals surface area contributed by atoms with E-state index in [0.717, 1.165) is 12.8 Å². The Bertz CT molecular complexity index is 195. The van der Waals surface area contributed by atoms with Crippen molar-refractivity contribution in [1.29, 1.82) is 0 Å². The molecule has 0 radical (unpaired) electrons. The first-order valence-electron chi connectivity index (χ1n) is 8.47. The molecule has 3 heteroatoms. The van der Waals surface area contributed by atoms with Gasteiger partial charge in [0.1, 0.15) is 0 Å². The zero-order chi connectivity index (χ0) is 14.2. The molecule has 0 fully saturated rings. The van der Waals surface area contributed by atoms with Gasteiger partial charge in [-0.1, -0.05) is 90.4 Å². The minimum atomic E-state index is -0.904. The second-order valence-electron chi connectivity index (χ2n) is 5.72. The van der Waals surface area contributed by atoms with Gasteiger partial charge in [0.05, 0.1) is 0 Å². The normalized spacial score (nSPS) is 10.2. The second-order valence-corrected chi connectivity index (χ2v) is 5.72. The molecular weight excluding hydrogens is 324 g/mol. The van der Waals surface area contributed by atoms with Crippen molar-refractivity contribution in [2.45, 2.75) is 103 Å². The molecule has 0 saturated carbocycles. The van der Waals surface area contributed by atoms with E-state index in [9.17, 15) is 9.90 Å². The van der Waals surface area contributed by atoms with Crippen LogP contribution in [-0.2, 0) is 4.79 Å². The smallest absolute Gasteiger partial charge is 0.550 e. The monoisotopic (exact) mass is 357 g/mol. The topological polar surface area (TPSA) is 40.1 Å². The number of aliphatic carboxylic acids is 1. The summed E-state index contributed by atoms with van der Waals surface area (Å²) in [5.41, 5.74) is 0. The van der Waals surface area contributed by atoms with Gasteiger partial charge >= 0.3 is 45.5 Å². The molecule has 0 aromatic rings. The van der Waals surface area contributed by atoms with E-state index in [2.05, 4.69) is 6.92 Å². The van der Waals surface area contributed by atoms with Crippen molar-refractivity contribution >= 4 is 51.5 Å². The molecule has 114 valence electrons. The molecule has 0 aliphatic carbocycles. The number of unbranched alkanes of at least 4 members (excludes halogenated alkanes) is 13. The van der Waals surface area contributed by atoms with E-state index in [4.69, 9.17) is 0 Å². The van der Waals surface area contributed by atoms with Gasteiger partial charge in [-0.2, -0.15) is 0 Å². The van der Waals surface area contributed by atoms with Gasteiger partial charge in [0.2, 0.25) is 0 Å². The maximum Gasteiger partial charge on any atom is 2.00 e. The molecule has 0 heterocycles. The van der Waals surface area contributed by atoms with Gasteiger partial charge < -0.3 is 9.90 Å². The summed E-state index contributed by atoms with van der Waals surface area (Å²) in [7, 11) is 0. The van der Waals surface area contributed by atoms with Crippen LogP contribution < -0.4 is 5.11 Å². The Morgan fingerprint density at radius 3 is 1.25 bits per heavy atom. The maximum absolute atomic E-state index is 10.2. The zero-order valence-electron chi connectivity index (χ0n) is 13.6. The Labute approximate surface area is 163 Å². The van der Waals surface area contributed by atoms with Crippen LogP contribution in [-0.4, -0.2) is 51.5 Å². The molecule has 0 N–H and O–H groups in total. The number of carboxylic acid groups (broad SMARTS) is 1. The standard InChI is InChI=1S/C17H34O2.Sr/c1-2-3-4-5-6-7-8-9-10-11-12-13-14-15-16-17(18)19;/h2-16H2,1H3,(H,18,19);/q;+2/p-1. The van der Waals surface area contributed by atoms with E-state index < -0.39 is 5.97 Å². The molecule has 0 aromatic carbocycles. The maximum atomic E-state index is 10.2. The van der Waals surface area contributed by atoms with Crippen LogP contribution in [0.3, 0.4) is 0 Å². The Hall–Kier alpha value is 0.951. The minimum absolute atomic E-state index is 0. The molecule has 0 rings (SSSR count). The van der Waals surface area contributed by atoms with Gasteiger partial charge in [0.15, 0.2) is 0 Å². The predicted molar refractivity (Wildman–Crippen MR) is 85.7 cm³/mol. The van der Waals surface area contributed by atoms with E-state index in [1.54, 1.807) is 0 Å². The summed E-state index contributed by atoms with van der Waals surface area (Å²) in [6.07, 6.45) is 18.4. The number of carboxylic acids is 1. The molecule has 0 unspecified atom stereocenters. The van der Waals surface area contributed by atoms with Crippen LogP contribution in [0.5, 0.6) is 0 Å². The average molecular weight is 357 g/mol. The number of hydrogen-bond donors (Lipinski definition) is 0. The van der Waals surface area contributed by atoms with E-state index in [0.29, 0.717) is 0 Å². The van der Waals surface area contributed by atoms with Crippen LogP contribution in [0, 0.1) is 0 Å². The fourth-order valence-electron chi connectivity index (χ4n) is 2.46. The fraction of sp³-hybridized carbons (Fsp3) is 0.941. The van der Waals surface area contributed by atoms with Crippen molar-refractivity contribution in [1.82, 2.24) is 0 Å². The summed E-state index contributed by atoms with van der Waals surface area (Å²) in [6.45, 7) is 2.26. The van der Waals surface area contributed by atoms with Crippen molar-refractivity contribution < 1.29 is 9.90 Å². The van der Waals surface area contributed by atoms with Gasteiger partial charge in [0.25, 0.3) is 0 Å². The first-order valence-corrected chi connectivity index (χ1v) is 8.47. The Morgan fingerprint density at radius 1 is 0.650 bits per heavy atom. The summed E-state index contributed by atoms with van der Waals surface area (Å²) in [5.74, 6) is -0.904. The molecule has 0 atom stereocenters. The van der Waals surface area contributed by atoms with Crippen molar-refractivity contribution in [3.05, 3.63) is 0 Å². The SMILES string of the molecule is CCCCCCCCCCCCCCCCC(=O)[O-].[Sr+2]. The van der Waals surface area contributed by atoms with E-state index in [-0.39, 0.29) is 51.9 Å². The predicted octanol–water partition coefficient (Wildman–Crippen LogP) is 4.23. The van der Waals surface area contributed by atoms with Gasteiger partial charge in [-0.25, -0.2) is 0 Å². The van der Waals surface area contributed by atoms with Gasteiger partial charge in [-0.3, -0.25) is 0 Å². The zero-order valence-corrected chi connectivity index (χ0v) is 17.1. The van der Waals surface area contributed by atoms with Crippen molar-refractivity contribution in [3.63, 3.8) is 0 Å². The van der Waals surface area contributed by atoms with Crippen LogP contribution in [0.4, 0.5) is 0 Å². The Morgan fingerprint density at radius 2 is 0.950 bits per heavy atom. The quantitative estimate of drug-likeness (QED) is 0.325. The molecule has 0 bridgehead atoms. The summed E-state index contributed by atoms with van der Waals surface area (Å²) >= 11 is 0. The number of carbonyl (C=O) groups is 1. The van der Waals surface area contributed by atoms with E-state index >= 15 is 0 Å². The molecule has 20 heavy (non-hydrogen) atoms. The van der Waals surface area contributed by atoms with Crippen LogP contribution in [0.25, 0.3) is 0 Å². The van der Waals surface area contributed by atoms with Crippen molar-refractivity contribution in [2.24, 2.45) is 0 Å². The molecule has 0 aromatic heterocycles. The molecule has 2 nitrogen and oxygen atoms in total. The molecule has 0 amide bonds. The third-order valence-electron chi connectivity index (χ3n) is 3.73. The minimum Gasteiger partial charge on any atom is -0.550 e. The number of rotatable bonds is 15. The molecule has 0 aliphatic heterocycles. The Kier molecular flexibility index (Phi) is 23.2. The van der Waals surface area contributed by atoms with E-state index in [1.165, 1.54) is 77.0 Å². The average Bonchev–Trinajstić information content (AvgIpc) is 2.39. The third kappa shape index (κ3) is 21.3. The molecule has 0 saturated heterocycles. The van der Waals surface area contributed by atoms with Crippen LogP contribution in [0.15, 0.2) is 0 Å². The van der Waals surface area contributed by atoms with Gasteiger partial charge in [-0.15, -0.1) is 0 Å². The molecular formula is C17H33O2Sr+. The second kappa shape index (κ2) is 20.0. The molecule has 0 aliphatic rings. The van der Waals surface area contributed by atoms with Crippen molar-refractivity contribution in [3.8, 4) is 0 Å². The number of hydrogen-bond acceptors (Lipinski definition) is 2. The summed E-state index contributed by atoms with van der Waals surface area (Å²) in [4.78, 5) is 10.2. The summed E-state index contributed by atoms with van der Waals surface area (Å²) < 4.78 is 0. The summed E-state index contributed by atoms with van der Waals surface area (Å²) in [6, 6.07) is 0. The first kappa shape index (κ1) is 23.2. The largest absolute Gasteiger partial charge is 2.00 e. The third-order valence-corrected chi connectivity index (χ3v) is 3.73. The first-order chi connectivity index (χ1) is 9.27. The van der Waals surface area contributed by atoms with Gasteiger partial charge in [-0.05, 0) is 12.8 Å². The molecule has 0 spiro atoms. The summed E-state index contributed by atoms with van der Waals surface area (Å²) in [5, 5.41) is 10.2. The van der Waals surface area contributed by atoms with E-state index in [1.807, 2.05) is 0 Å².